The van der Waals surface area contributed by atoms with Gasteiger partial charge in [-0.25, -0.2) is 0 Å². The average Bonchev–Trinajstić information content (AvgIpc) is 2.13. The first kappa shape index (κ1) is 9.85. The third-order valence-electron chi connectivity index (χ3n) is 1.58. The number of carbonyl (C=O) groups excluding carboxylic acids is 1. The van der Waals surface area contributed by atoms with Crippen molar-refractivity contribution in [2.45, 2.75) is 4.83 Å². The lowest BCUT2D eigenvalue weighted by Crippen LogP contribution is -1.91. The van der Waals surface area contributed by atoms with Crippen molar-refractivity contribution < 1.29 is 20.1 Å². The Balaban J connectivity index is 3.25. The van der Waals surface area contributed by atoms with Gasteiger partial charge in [-0.05, 0) is 12.1 Å². The van der Waals surface area contributed by atoms with Crippen LogP contribution in [0.15, 0.2) is 12.1 Å². The fraction of sp³-hybridized carbons (Fsp3) is 0.125. The molecular weight excluding hydrogens is 240 g/mol. The molecule has 1 aromatic carbocycles. The molecule has 4 nitrogen and oxygen atoms in total. The van der Waals surface area contributed by atoms with Crippen LogP contribution in [0.1, 0.15) is 10.4 Å². The van der Waals surface area contributed by atoms with Gasteiger partial charge in [0.2, 0.25) is 5.75 Å². The summed E-state index contributed by atoms with van der Waals surface area (Å²) in [5.41, 5.74) is 0.213. The van der Waals surface area contributed by atoms with Crippen LogP contribution >= 0.6 is 15.9 Å². The summed E-state index contributed by atoms with van der Waals surface area (Å²) in [4.78, 5) is 9.66. The number of phenolic OH excluding ortho intramolecular Hbond substituents is 3. The third-order valence-corrected chi connectivity index (χ3v) is 2.29. The highest BCUT2D eigenvalue weighted by molar-refractivity contribution is 9.09. The summed E-state index contributed by atoms with van der Waals surface area (Å²) in [6.45, 7) is 0. The fourth-order valence-corrected chi connectivity index (χ4v) is 1.25. The van der Waals surface area contributed by atoms with Gasteiger partial charge in [-0.2, -0.15) is 0 Å². The number of rotatable bonds is 2. The maximum atomic E-state index is 10.4. The van der Waals surface area contributed by atoms with Crippen LogP contribution in [0.5, 0.6) is 17.2 Å². The smallest absolute Gasteiger partial charge is 0.200 e. The predicted molar refractivity (Wildman–Crippen MR) is 49.2 cm³/mol. The molecule has 0 aliphatic rings. The lowest BCUT2D eigenvalue weighted by Gasteiger charge is -2.07. The molecule has 1 unspecified atom stereocenters. The summed E-state index contributed by atoms with van der Waals surface area (Å²) in [6.07, 6.45) is 0.561. The number of benzene rings is 1. The van der Waals surface area contributed by atoms with Crippen molar-refractivity contribution in [3.8, 4) is 17.2 Å². The van der Waals surface area contributed by atoms with Crippen LogP contribution in [-0.4, -0.2) is 21.6 Å². The number of hydrogen-bond donors (Lipinski definition) is 3. The normalized spacial score (nSPS) is 12.4. The molecule has 1 rings (SSSR count). The van der Waals surface area contributed by atoms with Crippen LogP contribution in [-0.2, 0) is 4.79 Å². The van der Waals surface area contributed by atoms with E-state index in [1.54, 1.807) is 0 Å². The van der Waals surface area contributed by atoms with E-state index in [9.17, 15) is 9.90 Å². The first-order chi connectivity index (χ1) is 6.07. The van der Waals surface area contributed by atoms with E-state index < -0.39 is 22.1 Å². The van der Waals surface area contributed by atoms with E-state index in [0.29, 0.717) is 6.29 Å². The van der Waals surface area contributed by atoms with Gasteiger partial charge in [0, 0.05) is 5.56 Å². The summed E-state index contributed by atoms with van der Waals surface area (Å²) in [5.74, 6) is -1.54. The van der Waals surface area contributed by atoms with Gasteiger partial charge in [0.15, 0.2) is 11.5 Å². The molecule has 3 N–H and O–H groups in total. The van der Waals surface area contributed by atoms with E-state index in [0.717, 1.165) is 0 Å². The Hall–Kier alpha value is -1.23. The maximum absolute atomic E-state index is 10.4. The molecule has 0 saturated heterocycles. The monoisotopic (exact) mass is 246 g/mol. The van der Waals surface area contributed by atoms with Gasteiger partial charge in [-0.3, -0.25) is 0 Å². The number of alkyl halides is 1. The van der Waals surface area contributed by atoms with Crippen molar-refractivity contribution in [2.24, 2.45) is 0 Å². The lowest BCUT2D eigenvalue weighted by molar-refractivity contribution is -0.107. The molecule has 0 aliphatic heterocycles. The number of phenols is 3. The Morgan fingerprint density at radius 3 is 2.38 bits per heavy atom. The van der Waals surface area contributed by atoms with Gasteiger partial charge in [0.1, 0.15) is 6.29 Å². The van der Waals surface area contributed by atoms with Gasteiger partial charge in [-0.1, -0.05) is 15.9 Å². The molecule has 5 heteroatoms. The van der Waals surface area contributed by atoms with E-state index >= 15 is 0 Å². The predicted octanol–water partition coefficient (Wildman–Crippen LogP) is 1.44. The largest absolute Gasteiger partial charge is 0.504 e. The molecule has 13 heavy (non-hydrogen) atoms. The number of hydrogen-bond acceptors (Lipinski definition) is 4. The molecule has 0 aromatic heterocycles. The van der Waals surface area contributed by atoms with Crippen molar-refractivity contribution in [1.29, 1.82) is 0 Å². The zero-order valence-electron chi connectivity index (χ0n) is 6.44. The summed E-state index contributed by atoms with van der Waals surface area (Å²) < 4.78 is 0. The molecule has 0 aliphatic carbocycles. The minimum Gasteiger partial charge on any atom is -0.504 e. The molecular formula is C8H7BrO4. The maximum Gasteiger partial charge on any atom is 0.200 e. The van der Waals surface area contributed by atoms with E-state index in [-0.39, 0.29) is 5.56 Å². The van der Waals surface area contributed by atoms with E-state index in [2.05, 4.69) is 15.9 Å². The highest BCUT2D eigenvalue weighted by Crippen LogP contribution is 2.41. The van der Waals surface area contributed by atoms with Crippen LogP contribution in [0.2, 0.25) is 0 Å². The van der Waals surface area contributed by atoms with Crippen LogP contribution in [0.25, 0.3) is 0 Å². The topological polar surface area (TPSA) is 77.8 Å². The first-order valence-corrected chi connectivity index (χ1v) is 4.32. The van der Waals surface area contributed by atoms with Crippen molar-refractivity contribution in [1.82, 2.24) is 0 Å². The van der Waals surface area contributed by atoms with Gasteiger partial charge in [-0.15, -0.1) is 0 Å². The first-order valence-electron chi connectivity index (χ1n) is 3.41. The average molecular weight is 247 g/mol. The molecule has 0 spiro atoms. The van der Waals surface area contributed by atoms with Crippen LogP contribution in [0, 0.1) is 0 Å². The number of halogens is 1. The van der Waals surface area contributed by atoms with Gasteiger partial charge >= 0.3 is 0 Å². The minimum absolute atomic E-state index is 0.213. The zero-order valence-corrected chi connectivity index (χ0v) is 8.02. The van der Waals surface area contributed by atoms with Crippen LogP contribution in [0.4, 0.5) is 0 Å². The van der Waals surface area contributed by atoms with Gasteiger partial charge < -0.3 is 20.1 Å². The standard InChI is InChI=1S/C8H7BrO4/c9-5(3-10)4-1-2-6(11)8(13)7(4)12/h1-3,5,11-13H. The molecule has 0 heterocycles. The third kappa shape index (κ3) is 1.75. The highest BCUT2D eigenvalue weighted by atomic mass is 79.9. The number of carbonyl (C=O) groups is 1. The van der Waals surface area contributed by atoms with Crippen LogP contribution in [0.3, 0.4) is 0 Å². The Kier molecular flexibility index (Phi) is 2.77. The van der Waals surface area contributed by atoms with Crippen LogP contribution < -0.4 is 0 Å². The quantitative estimate of drug-likeness (QED) is 0.419. The van der Waals surface area contributed by atoms with Gasteiger partial charge in [0.05, 0.1) is 4.83 Å². The second-order valence-electron chi connectivity index (χ2n) is 2.41. The number of aromatic hydroxyl groups is 3. The second-order valence-corrected chi connectivity index (χ2v) is 3.40. The molecule has 0 saturated carbocycles. The van der Waals surface area contributed by atoms with E-state index in [1.165, 1.54) is 12.1 Å². The van der Waals surface area contributed by atoms with Crippen molar-refractivity contribution >= 4 is 22.2 Å². The van der Waals surface area contributed by atoms with Gasteiger partial charge in [0.25, 0.3) is 0 Å². The Bertz CT molecular complexity index is 337. The summed E-state index contributed by atoms with van der Waals surface area (Å²) in [7, 11) is 0. The molecule has 1 atom stereocenters. The fourth-order valence-electron chi connectivity index (χ4n) is 0.880. The van der Waals surface area contributed by atoms with E-state index in [4.69, 9.17) is 10.2 Å². The highest BCUT2D eigenvalue weighted by Gasteiger charge is 2.16. The SMILES string of the molecule is O=CC(Br)c1ccc(O)c(O)c1O. The lowest BCUT2D eigenvalue weighted by atomic mass is 10.1. The summed E-state index contributed by atoms with van der Waals surface area (Å²) in [5, 5.41) is 27.3. The van der Waals surface area contributed by atoms with Crippen molar-refractivity contribution in [3.05, 3.63) is 17.7 Å². The van der Waals surface area contributed by atoms with Crippen molar-refractivity contribution in [2.75, 3.05) is 0 Å². The molecule has 0 amide bonds. The van der Waals surface area contributed by atoms with E-state index in [1.807, 2.05) is 0 Å². The molecule has 0 bridgehead atoms. The summed E-state index contributed by atoms with van der Waals surface area (Å²) >= 11 is 2.97. The molecule has 1 aromatic rings. The minimum atomic E-state index is -0.695. The number of aldehydes is 1. The Morgan fingerprint density at radius 2 is 1.85 bits per heavy atom. The Labute approximate surface area is 82.6 Å². The Morgan fingerprint density at radius 1 is 1.23 bits per heavy atom. The molecule has 70 valence electrons. The molecule has 0 fully saturated rings. The second kappa shape index (κ2) is 3.66. The summed E-state index contributed by atoms with van der Waals surface area (Å²) in [6, 6.07) is 2.54. The zero-order chi connectivity index (χ0) is 10.0. The van der Waals surface area contributed by atoms with Crippen molar-refractivity contribution in [3.63, 3.8) is 0 Å². The molecule has 0 radical (unpaired) electrons.